The summed E-state index contributed by atoms with van der Waals surface area (Å²) >= 11 is 2.89. The Morgan fingerprint density at radius 1 is 1.16 bits per heavy atom. The van der Waals surface area contributed by atoms with E-state index >= 15 is 0 Å². The number of thiazole rings is 1. The summed E-state index contributed by atoms with van der Waals surface area (Å²) < 4.78 is 0.831. The molecule has 0 bridgehead atoms. The van der Waals surface area contributed by atoms with E-state index in [1.165, 1.54) is 28.7 Å². The lowest BCUT2D eigenvalue weighted by atomic mass is 10.2. The van der Waals surface area contributed by atoms with Gasteiger partial charge in [0, 0.05) is 17.8 Å². The molecule has 126 valence electrons. The number of anilines is 2. The maximum atomic E-state index is 12.6. The number of nitrogens with zero attached hydrogens (tertiary/aromatic N) is 2. The van der Waals surface area contributed by atoms with Gasteiger partial charge in [-0.15, -0.1) is 0 Å². The average molecular weight is 367 g/mol. The summed E-state index contributed by atoms with van der Waals surface area (Å²) in [5.74, 6) is 0.486. The highest BCUT2D eigenvalue weighted by atomic mass is 32.2. The molecule has 0 unspecified atom stereocenters. The molecule has 2 N–H and O–H groups in total. The molecule has 25 heavy (non-hydrogen) atoms. The SMILES string of the molecule is Nc1sc(SCC(=O)N2CCc3ccccc32)nc1-c1ccccc1. The van der Waals surface area contributed by atoms with Gasteiger partial charge >= 0.3 is 0 Å². The lowest BCUT2D eigenvalue weighted by Crippen LogP contribution is -2.30. The van der Waals surface area contributed by atoms with Gasteiger partial charge in [-0.1, -0.05) is 71.6 Å². The van der Waals surface area contributed by atoms with E-state index in [0.717, 1.165) is 34.2 Å². The van der Waals surface area contributed by atoms with Gasteiger partial charge in [-0.25, -0.2) is 4.98 Å². The van der Waals surface area contributed by atoms with Gasteiger partial charge in [0.2, 0.25) is 5.91 Å². The van der Waals surface area contributed by atoms with Crippen molar-refractivity contribution in [3.8, 4) is 11.3 Å². The first-order valence-electron chi connectivity index (χ1n) is 8.05. The van der Waals surface area contributed by atoms with Crippen LogP contribution in [0.15, 0.2) is 58.9 Å². The van der Waals surface area contributed by atoms with Crippen LogP contribution in [0, 0.1) is 0 Å². The predicted octanol–water partition coefficient (Wildman–Crippen LogP) is 4.07. The number of hydrogen-bond donors (Lipinski definition) is 1. The van der Waals surface area contributed by atoms with E-state index < -0.39 is 0 Å². The van der Waals surface area contributed by atoms with Gasteiger partial charge in [-0.05, 0) is 18.1 Å². The Bertz CT molecular complexity index is 908. The lowest BCUT2D eigenvalue weighted by Gasteiger charge is -2.16. The van der Waals surface area contributed by atoms with Crippen LogP contribution in [-0.4, -0.2) is 23.2 Å². The van der Waals surface area contributed by atoms with Gasteiger partial charge in [0.05, 0.1) is 5.75 Å². The lowest BCUT2D eigenvalue weighted by molar-refractivity contribution is -0.116. The van der Waals surface area contributed by atoms with Crippen molar-refractivity contribution < 1.29 is 4.79 Å². The largest absolute Gasteiger partial charge is 0.389 e. The number of thioether (sulfide) groups is 1. The summed E-state index contributed by atoms with van der Waals surface area (Å²) in [7, 11) is 0. The van der Waals surface area contributed by atoms with E-state index in [4.69, 9.17) is 5.73 Å². The molecule has 0 atom stereocenters. The number of amides is 1. The Morgan fingerprint density at radius 2 is 1.92 bits per heavy atom. The van der Waals surface area contributed by atoms with Crippen LogP contribution < -0.4 is 10.6 Å². The van der Waals surface area contributed by atoms with Crippen molar-refractivity contribution in [2.75, 3.05) is 22.9 Å². The zero-order valence-electron chi connectivity index (χ0n) is 13.5. The number of fused-ring (bicyclic) bond motifs is 1. The molecule has 4 nitrogen and oxygen atoms in total. The molecule has 2 aromatic carbocycles. The molecule has 3 aromatic rings. The van der Waals surface area contributed by atoms with E-state index in [9.17, 15) is 4.79 Å². The fourth-order valence-electron chi connectivity index (χ4n) is 2.97. The third kappa shape index (κ3) is 3.27. The van der Waals surface area contributed by atoms with Crippen LogP contribution >= 0.6 is 23.1 Å². The number of nitrogens with two attached hydrogens (primary N) is 1. The number of benzene rings is 2. The van der Waals surface area contributed by atoms with Crippen LogP contribution in [-0.2, 0) is 11.2 Å². The van der Waals surface area contributed by atoms with Crippen molar-refractivity contribution in [3.63, 3.8) is 0 Å². The van der Waals surface area contributed by atoms with Crippen molar-refractivity contribution in [1.82, 2.24) is 4.98 Å². The molecule has 0 saturated carbocycles. The Labute approximate surface area is 154 Å². The number of aromatic nitrogens is 1. The van der Waals surface area contributed by atoms with Crippen molar-refractivity contribution in [1.29, 1.82) is 0 Å². The smallest absolute Gasteiger partial charge is 0.237 e. The number of carbonyl (C=O) groups is 1. The second-order valence-electron chi connectivity index (χ2n) is 5.77. The van der Waals surface area contributed by atoms with E-state index in [2.05, 4.69) is 11.1 Å². The van der Waals surface area contributed by atoms with Crippen LogP contribution in [0.2, 0.25) is 0 Å². The zero-order valence-corrected chi connectivity index (χ0v) is 15.1. The molecule has 0 radical (unpaired) electrons. The van der Waals surface area contributed by atoms with E-state index in [-0.39, 0.29) is 5.91 Å². The standard InChI is InChI=1S/C19H17N3OS2/c20-18-17(14-7-2-1-3-8-14)21-19(25-18)24-12-16(23)22-11-10-13-6-4-5-9-15(13)22/h1-9H,10-12,20H2. The maximum Gasteiger partial charge on any atom is 0.237 e. The molecular weight excluding hydrogens is 350 g/mol. The molecule has 1 amide bonds. The molecule has 0 spiro atoms. The number of hydrogen-bond acceptors (Lipinski definition) is 5. The second-order valence-corrected chi connectivity index (χ2v) is 8.02. The van der Waals surface area contributed by atoms with E-state index in [0.29, 0.717) is 10.8 Å². The van der Waals surface area contributed by atoms with Crippen molar-refractivity contribution in [3.05, 3.63) is 60.2 Å². The Morgan fingerprint density at radius 3 is 2.76 bits per heavy atom. The number of nitrogen functional groups attached to an aromatic ring is 1. The van der Waals surface area contributed by atoms with E-state index in [1.54, 1.807) is 0 Å². The zero-order chi connectivity index (χ0) is 17.2. The first kappa shape index (κ1) is 16.2. The molecule has 1 aliphatic heterocycles. The van der Waals surface area contributed by atoms with Crippen molar-refractivity contribution in [2.24, 2.45) is 0 Å². The Hall–Kier alpha value is -2.31. The molecule has 0 saturated heterocycles. The van der Waals surface area contributed by atoms with Gasteiger partial charge in [0.15, 0.2) is 4.34 Å². The topological polar surface area (TPSA) is 59.2 Å². The molecule has 2 heterocycles. The first-order valence-corrected chi connectivity index (χ1v) is 9.85. The monoisotopic (exact) mass is 367 g/mol. The molecule has 1 aromatic heterocycles. The van der Waals surface area contributed by atoms with Crippen LogP contribution in [0.5, 0.6) is 0 Å². The molecular formula is C19H17N3OS2. The first-order chi connectivity index (χ1) is 12.2. The van der Waals surface area contributed by atoms with E-state index in [1.807, 2.05) is 53.4 Å². The number of para-hydroxylation sites is 1. The summed E-state index contributed by atoms with van der Waals surface area (Å²) in [6.45, 7) is 0.758. The highest BCUT2D eigenvalue weighted by Gasteiger charge is 2.24. The third-order valence-corrected chi connectivity index (χ3v) is 6.20. The second kappa shape index (κ2) is 6.90. The minimum Gasteiger partial charge on any atom is -0.389 e. The predicted molar refractivity (Wildman–Crippen MR) is 105 cm³/mol. The fraction of sp³-hybridized carbons (Fsp3) is 0.158. The molecule has 1 aliphatic rings. The minimum atomic E-state index is 0.116. The van der Waals surface area contributed by atoms with Gasteiger partial charge in [-0.3, -0.25) is 4.79 Å². The summed E-state index contributed by atoms with van der Waals surface area (Å²) in [6.07, 6.45) is 0.926. The van der Waals surface area contributed by atoms with Gasteiger partial charge in [0.1, 0.15) is 10.7 Å². The van der Waals surface area contributed by atoms with Crippen molar-refractivity contribution in [2.45, 2.75) is 10.8 Å². The van der Waals surface area contributed by atoms with Crippen molar-refractivity contribution >= 4 is 39.7 Å². The quantitative estimate of drug-likeness (QED) is 0.706. The average Bonchev–Trinajstić information content (AvgIpc) is 3.24. The van der Waals surface area contributed by atoms with Gasteiger partial charge < -0.3 is 10.6 Å². The van der Waals surface area contributed by atoms with Gasteiger partial charge in [0.25, 0.3) is 0 Å². The van der Waals surface area contributed by atoms with Gasteiger partial charge in [-0.2, -0.15) is 0 Å². The maximum absolute atomic E-state index is 12.6. The summed E-state index contributed by atoms with van der Waals surface area (Å²) in [5.41, 5.74) is 10.2. The normalized spacial score (nSPS) is 13.0. The number of carbonyl (C=O) groups excluding carboxylic acids is 1. The Kier molecular flexibility index (Phi) is 4.46. The summed E-state index contributed by atoms with van der Waals surface area (Å²) in [4.78, 5) is 19.1. The molecule has 4 rings (SSSR count). The van der Waals surface area contributed by atoms with Crippen LogP contribution in [0.25, 0.3) is 11.3 Å². The molecule has 6 heteroatoms. The summed E-state index contributed by atoms with van der Waals surface area (Å²) in [5, 5.41) is 0.688. The molecule has 0 fully saturated rings. The van der Waals surface area contributed by atoms with Crippen LogP contribution in [0.4, 0.5) is 10.7 Å². The Balaban J connectivity index is 1.45. The third-order valence-electron chi connectivity index (χ3n) is 4.19. The minimum absolute atomic E-state index is 0.116. The number of rotatable bonds is 4. The van der Waals surface area contributed by atoms with Crippen LogP contribution in [0.1, 0.15) is 5.56 Å². The molecule has 0 aliphatic carbocycles. The highest BCUT2D eigenvalue weighted by Crippen LogP contribution is 2.36. The fourth-order valence-corrected chi connectivity index (χ4v) is 4.80. The van der Waals surface area contributed by atoms with Crippen LogP contribution in [0.3, 0.4) is 0 Å². The summed E-state index contributed by atoms with van der Waals surface area (Å²) in [6, 6.07) is 18.0. The highest BCUT2D eigenvalue weighted by molar-refractivity contribution is 8.01.